The predicted molar refractivity (Wildman–Crippen MR) is 128 cm³/mol. The fourth-order valence-electron chi connectivity index (χ4n) is 3.02. The molecule has 3 rings (SSSR count). The summed E-state index contributed by atoms with van der Waals surface area (Å²) in [5, 5.41) is 6.84. The number of aryl methyl sites for hydroxylation is 1. The third-order valence-electron chi connectivity index (χ3n) is 4.67. The van der Waals surface area contributed by atoms with E-state index >= 15 is 0 Å². The lowest BCUT2D eigenvalue weighted by Crippen LogP contribution is -2.40. The zero-order valence-corrected chi connectivity index (χ0v) is 20.8. The maximum absolute atomic E-state index is 12.9. The molecule has 3 aromatic rings. The van der Waals surface area contributed by atoms with Gasteiger partial charge in [0.25, 0.3) is 5.91 Å². The Balaban J connectivity index is 1.80. The topological polar surface area (TPSA) is 114 Å². The molecule has 0 saturated heterocycles. The Bertz CT molecular complexity index is 1270. The summed E-state index contributed by atoms with van der Waals surface area (Å²) in [7, 11) is -3.76. The van der Waals surface area contributed by atoms with Crippen LogP contribution in [0, 0.1) is 6.92 Å². The minimum atomic E-state index is -3.76. The summed E-state index contributed by atoms with van der Waals surface area (Å²) in [6, 6.07) is 11.5. The number of hydrogen-bond donors (Lipinski definition) is 2. The average Bonchev–Trinajstić information content (AvgIpc) is 3.17. The first-order chi connectivity index (χ1) is 15.2. The molecule has 0 aliphatic rings. The van der Waals surface area contributed by atoms with Crippen LogP contribution in [0.5, 0.6) is 0 Å². The van der Waals surface area contributed by atoms with Crippen molar-refractivity contribution in [1.29, 1.82) is 0 Å². The summed E-state index contributed by atoms with van der Waals surface area (Å²) >= 11 is 0. The van der Waals surface area contributed by atoms with E-state index in [-0.39, 0.29) is 15.9 Å². The van der Waals surface area contributed by atoms with E-state index in [4.69, 9.17) is 4.52 Å². The van der Waals surface area contributed by atoms with E-state index < -0.39 is 21.5 Å². The van der Waals surface area contributed by atoms with E-state index in [1.165, 1.54) is 12.1 Å². The maximum Gasteiger partial charge on any atom is 0.255 e. The smallest absolute Gasteiger partial charge is 0.255 e. The number of benzene rings is 2. The zero-order chi connectivity index (χ0) is 24.6. The molecule has 2 N–H and O–H groups in total. The Kier molecular flexibility index (Phi) is 6.50. The Morgan fingerprint density at radius 1 is 0.970 bits per heavy atom. The van der Waals surface area contributed by atoms with E-state index in [9.17, 15) is 13.2 Å². The van der Waals surface area contributed by atoms with Crippen molar-refractivity contribution in [3.63, 3.8) is 0 Å². The van der Waals surface area contributed by atoms with Gasteiger partial charge in [0.05, 0.1) is 4.90 Å². The van der Waals surface area contributed by atoms with Gasteiger partial charge in [0.2, 0.25) is 21.7 Å². The standard InChI is InChI=1S/C24H30N4O4S/c1-15-8-13-18(33(30,31)28-24(5,6)7)14-19(15)21(29)25-17-11-9-16(10-12-17)20-26-22(32-27-20)23(2,3)4/h8-14,28H,1-7H3,(H,25,29). The first-order valence-corrected chi connectivity index (χ1v) is 12.0. The highest BCUT2D eigenvalue weighted by molar-refractivity contribution is 7.89. The molecular formula is C24H30N4O4S. The number of carbonyl (C=O) groups is 1. The van der Waals surface area contributed by atoms with Gasteiger partial charge in [-0.15, -0.1) is 0 Å². The van der Waals surface area contributed by atoms with Crippen LogP contribution in [-0.4, -0.2) is 30.0 Å². The highest BCUT2D eigenvalue weighted by Gasteiger charge is 2.24. The second kappa shape index (κ2) is 8.72. The Morgan fingerprint density at radius 2 is 1.61 bits per heavy atom. The van der Waals surface area contributed by atoms with Crippen molar-refractivity contribution in [1.82, 2.24) is 14.9 Å². The van der Waals surface area contributed by atoms with Crippen molar-refractivity contribution in [2.24, 2.45) is 0 Å². The second-order valence-electron chi connectivity index (χ2n) is 10.0. The lowest BCUT2D eigenvalue weighted by molar-refractivity contribution is 0.102. The van der Waals surface area contributed by atoms with Gasteiger partial charge in [-0.3, -0.25) is 4.79 Å². The van der Waals surface area contributed by atoms with Crippen molar-refractivity contribution in [2.75, 3.05) is 5.32 Å². The number of carbonyl (C=O) groups excluding carboxylic acids is 1. The lowest BCUT2D eigenvalue weighted by Gasteiger charge is -2.20. The summed E-state index contributed by atoms with van der Waals surface area (Å²) in [5.74, 6) is 0.613. The van der Waals surface area contributed by atoms with Gasteiger partial charge in [-0.25, -0.2) is 13.1 Å². The first kappa shape index (κ1) is 24.6. The van der Waals surface area contributed by atoms with Crippen molar-refractivity contribution < 1.29 is 17.7 Å². The predicted octanol–water partition coefficient (Wildman–Crippen LogP) is 4.67. The molecule has 0 fully saturated rings. The van der Waals surface area contributed by atoms with Crippen molar-refractivity contribution >= 4 is 21.6 Å². The van der Waals surface area contributed by atoms with Gasteiger partial charge < -0.3 is 9.84 Å². The molecule has 0 saturated carbocycles. The summed E-state index contributed by atoms with van der Waals surface area (Å²) in [5.41, 5.74) is 1.37. The third kappa shape index (κ3) is 6.06. The van der Waals surface area contributed by atoms with Gasteiger partial charge >= 0.3 is 0 Å². The summed E-state index contributed by atoms with van der Waals surface area (Å²) in [6.45, 7) is 13.0. The van der Waals surface area contributed by atoms with E-state index in [2.05, 4.69) is 20.2 Å². The van der Waals surface area contributed by atoms with E-state index in [0.717, 1.165) is 5.56 Å². The van der Waals surface area contributed by atoms with Crippen LogP contribution in [0.25, 0.3) is 11.4 Å². The Labute approximate surface area is 194 Å². The molecule has 0 bridgehead atoms. The number of amides is 1. The van der Waals surface area contributed by atoms with Crippen molar-refractivity contribution in [3.8, 4) is 11.4 Å². The minimum absolute atomic E-state index is 0.0373. The van der Waals surface area contributed by atoms with Gasteiger partial charge in [0.1, 0.15) is 0 Å². The van der Waals surface area contributed by atoms with Gasteiger partial charge in [-0.05, 0) is 69.7 Å². The van der Waals surface area contributed by atoms with Crippen molar-refractivity contribution in [3.05, 3.63) is 59.5 Å². The van der Waals surface area contributed by atoms with Crippen LogP contribution in [0.1, 0.15) is 63.4 Å². The lowest BCUT2D eigenvalue weighted by atomic mass is 9.97. The molecule has 0 unspecified atom stereocenters. The summed E-state index contributed by atoms with van der Waals surface area (Å²) in [6.07, 6.45) is 0. The fourth-order valence-corrected chi connectivity index (χ4v) is 4.47. The molecule has 2 aromatic carbocycles. The number of nitrogens with zero attached hydrogens (tertiary/aromatic N) is 2. The molecule has 1 heterocycles. The molecular weight excluding hydrogens is 440 g/mol. The average molecular weight is 471 g/mol. The second-order valence-corrected chi connectivity index (χ2v) is 11.7. The molecule has 1 amide bonds. The van der Waals surface area contributed by atoms with Gasteiger partial charge in [0.15, 0.2) is 0 Å². The number of sulfonamides is 1. The van der Waals surface area contributed by atoms with E-state index in [1.807, 2.05) is 20.8 Å². The van der Waals surface area contributed by atoms with E-state index in [0.29, 0.717) is 23.0 Å². The quantitative estimate of drug-likeness (QED) is 0.560. The number of hydrogen-bond acceptors (Lipinski definition) is 6. The Hall–Kier alpha value is -3.04. The van der Waals surface area contributed by atoms with Crippen LogP contribution in [0.2, 0.25) is 0 Å². The number of aromatic nitrogens is 2. The van der Waals surface area contributed by atoms with E-state index in [1.54, 1.807) is 58.0 Å². The van der Waals surface area contributed by atoms with Crippen LogP contribution < -0.4 is 10.0 Å². The van der Waals surface area contributed by atoms with Gasteiger partial charge in [-0.2, -0.15) is 4.98 Å². The molecule has 1 aromatic heterocycles. The summed E-state index contributed by atoms with van der Waals surface area (Å²) in [4.78, 5) is 17.4. The van der Waals surface area contributed by atoms with Crippen LogP contribution in [0.4, 0.5) is 5.69 Å². The number of nitrogens with one attached hydrogen (secondary N) is 2. The zero-order valence-electron chi connectivity index (χ0n) is 20.0. The molecule has 0 spiro atoms. The molecule has 0 aliphatic carbocycles. The highest BCUT2D eigenvalue weighted by Crippen LogP contribution is 2.25. The SMILES string of the molecule is Cc1ccc(S(=O)(=O)NC(C)(C)C)cc1C(=O)Nc1ccc(-c2noc(C(C)(C)C)n2)cc1. The monoisotopic (exact) mass is 470 g/mol. The normalized spacial score (nSPS) is 12.6. The van der Waals surface area contributed by atoms with Crippen LogP contribution in [0.3, 0.4) is 0 Å². The number of anilines is 1. The summed E-state index contributed by atoms with van der Waals surface area (Å²) < 4.78 is 33.3. The van der Waals surface area contributed by atoms with Gasteiger partial charge in [0, 0.05) is 27.8 Å². The molecule has 0 aliphatic heterocycles. The molecule has 33 heavy (non-hydrogen) atoms. The minimum Gasteiger partial charge on any atom is -0.338 e. The highest BCUT2D eigenvalue weighted by atomic mass is 32.2. The molecule has 0 atom stereocenters. The van der Waals surface area contributed by atoms with Crippen LogP contribution in [-0.2, 0) is 15.4 Å². The van der Waals surface area contributed by atoms with Crippen LogP contribution >= 0.6 is 0 Å². The molecule has 8 nitrogen and oxygen atoms in total. The van der Waals surface area contributed by atoms with Crippen molar-refractivity contribution in [2.45, 2.75) is 64.3 Å². The molecule has 0 radical (unpaired) electrons. The van der Waals surface area contributed by atoms with Crippen LogP contribution in [0.15, 0.2) is 51.9 Å². The number of rotatable bonds is 5. The maximum atomic E-state index is 12.9. The first-order valence-electron chi connectivity index (χ1n) is 10.6. The molecule has 176 valence electrons. The van der Waals surface area contributed by atoms with Gasteiger partial charge in [-0.1, -0.05) is 32.0 Å². The third-order valence-corrected chi connectivity index (χ3v) is 6.43. The Morgan fingerprint density at radius 3 is 2.15 bits per heavy atom. The fraction of sp³-hybridized carbons (Fsp3) is 0.375. The largest absolute Gasteiger partial charge is 0.338 e. The molecule has 9 heteroatoms.